The van der Waals surface area contributed by atoms with Gasteiger partial charge in [0.2, 0.25) is 0 Å². The molecule has 4 nitrogen and oxygen atoms in total. The average molecular weight is 434 g/mol. The molecule has 1 aliphatic heterocycles. The molecular weight excluding hydrogens is 406 g/mol. The summed E-state index contributed by atoms with van der Waals surface area (Å²) in [6, 6.07) is 33.8. The zero-order valence-electron chi connectivity index (χ0n) is 18.8. The van der Waals surface area contributed by atoms with Gasteiger partial charge in [0.25, 0.3) is 0 Å². The Bertz CT molecular complexity index is 1160. The summed E-state index contributed by atoms with van der Waals surface area (Å²) < 4.78 is 1.76. The Morgan fingerprint density at radius 1 is 0.788 bits per heavy atom. The minimum Gasteiger partial charge on any atom is -0.294 e. The first-order valence-corrected chi connectivity index (χ1v) is 11.3. The Balaban J connectivity index is 1.70. The van der Waals surface area contributed by atoms with Gasteiger partial charge in [-0.1, -0.05) is 91.0 Å². The van der Waals surface area contributed by atoms with Crippen molar-refractivity contribution in [3.8, 4) is 0 Å². The van der Waals surface area contributed by atoms with Crippen molar-refractivity contribution in [2.24, 2.45) is 7.05 Å². The SMILES string of the molecule is Cn1ccc(/C=C2/CN(C(c3ccccc3)(c3ccccc3)c3ccccc3)CCC2=O)n1. The van der Waals surface area contributed by atoms with Gasteiger partial charge in [0.15, 0.2) is 5.78 Å². The molecule has 1 aromatic heterocycles. The van der Waals surface area contributed by atoms with Gasteiger partial charge in [0, 0.05) is 38.3 Å². The van der Waals surface area contributed by atoms with Crippen LogP contribution in [0.25, 0.3) is 6.08 Å². The van der Waals surface area contributed by atoms with E-state index in [0.717, 1.165) is 11.3 Å². The van der Waals surface area contributed by atoms with E-state index >= 15 is 0 Å². The molecule has 5 rings (SSSR count). The summed E-state index contributed by atoms with van der Waals surface area (Å²) in [5.74, 6) is 0.194. The topological polar surface area (TPSA) is 38.1 Å². The summed E-state index contributed by atoms with van der Waals surface area (Å²) in [6.45, 7) is 1.23. The Morgan fingerprint density at radius 2 is 1.30 bits per heavy atom. The lowest BCUT2D eigenvalue weighted by molar-refractivity contribution is -0.117. The maximum Gasteiger partial charge on any atom is 0.161 e. The van der Waals surface area contributed by atoms with E-state index < -0.39 is 5.54 Å². The van der Waals surface area contributed by atoms with Crippen molar-refractivity contribution < 1.29 is 4.79 Å². The van der Waals surface area contributed by atoms with Gasteiger partial charge in [-0.15, -0.1) is 0 Å². The molecule has 1 saturated heterocycles. The van der Waals surface area contributed by atoms with E-state index in [1.165, 1.54) is 16.7 Å². The summed E-state index contributed by atoms with van der Waals surface area (Å²) >= 11 is 0. The molecule has 0 radical (unpaired) electrons. The lowest BCUT2D eigenvalue weighted by atomic mass is 9.74. The van der Waals surface area contributed by atoms with Crippen LogP contribution in [0.1, 0.15) is 28.8 Å². The lowest BCUT2D eigenvalue weighted by Crippen LogP contribution is -2.52. The van der Waals surface area contributed by atoms with Crippen molar-refractivity contribution in [1.29, 1.82) is 0 Å². The van der Waals surface area contributed by atoms with Gasteiger partial charge in [-0.05, 0) is 28.8 Å². The molecule has 3 aromatic carbocycles. The molecule has 4 heteroatoms. The van der Waals surface area contributed by atoms with Gasteiger partial charge >= 0.3 is 0 Å². The number of Topliss-reactive ketones (excluding diaryl/α,β-unsaturated/α-hetero) is 1. The Morgan fingerprint density at radius 3 is 1.76 bits per heavy atom. The van der Waals surface area contributed by atoms with Crippen LogP contribution < -0.4 is 0 Å². The normalized spacial score (nSPS) is 16.3. The highest BCUT2D eigenvalue weighted by atomic mass is 16.1. The van der Waals surface area contributed by atoms with E-state index in [4.69, 9.17) is 0 Å². The van der Waals surface area contributed by atoms with Gasteiger partial charge in [0.1, 0.15) is 0 Å². The number of aromatic nitrogens is 2. The maximum absolute atomic E-state index is 13.0. The van der Waals surface area contributed by atoms with Crippen molar-refractivity contribution in [2.75, 3.05) is 13.1 Å². The summed E-state index contributed by atoms with van der Waals surface area (Å²) in [5.41, 5.74) is 4.66. The van der Waals surface area contributed by atoms with Crippen molar-refractivity contribution in [1.82, 2.24) is 14.7 Å². The molecule has 1 aliphatic rings. The zero-order valence-corrected chi connectivity index (χ0v) is 18.8. The fraction of sp³-hybridized carbons (Fsp3) is 0.172. The monoisotopic (exact) mass is 433 g/mol. The maximum atomic E-state index is 13.0. The van der Waals surface area contributed by atoms with E-state index in [-0.39, 0.29) is 5.78 Å². The molecule has 0 aliphatic carbocycles. The molecule has 0 amide bonds. The number of rotatable bonds is 5. The van der Waals surface area contributed by atoms with Crippen LogP contribution in [0.2, 0.25) is 0 Å². The van der Waals surface area contributed by atoms with Crippen LogP contribution in [0.3, 0.4) is 0 Å². The van der Waals surface area contributed by atoms with E-state index in [9.17, 15) is 4.79 Å². The molecule has 4 aromatic rings. The highest BCUT2D eigenvalue weighted by Gasteiger charge is 2.44. The molecule has 1 fully saturated rings. The number of aryl methyl sites for hydroxylation is 1. The van der Waals surface area contributed by atoms with Crippen LogP contribution in [-0.4, -0.2) is 33.6 Å². The highest BCUT2D eigenvalue weighted by Crippen LogP contribution is 2.43. The van der Waals surface area contributed by atoms with Crippen LogP contribution in [0.15, 0.2) is 109 Å². The molecule has 0 spiro atoms. The zero-order chi connectivity index (χ0) is 22.7. The van der Waals surface area contributed by atoms with Crippen molar-refractivity contribution in [3.05, 3.63) is 131 Å². The first-order valence-electron chi connectivity index (χ1n) is 11.3. The number of likely N-dealkylation sites (tertiary alicyclic amines) is 1. The molecule has 0 saturated carbocycles. The number of carbonyl (C=O) groups excluding carboxylic acids is 1. The number of hydrogen-bond acceptors (Lipinski definition) is 3. The van der Waals surface area contributed by atoms with Gasteiger partial charge in [-0.2, -0.15) is 5.10 Å². The fourth-order valence-electron chi connectivity index (χ4n) is 4.96. The Hall–Kier alpha value is -3.76. The molecule has 164 valence electrons. The predicted octanol–water partition coefficient (Wildman–Crippen LogP) is 5.07. The van der Waals surface area contributed by atoms with Gasteiger partial charge in [-0.3, -0.25) is 14.4 Å². The minimum absolute atomic E-state index is 0.194. The van der Waals surface area contributed by atoms with E-state index in [1.807, 2.05) is 25.4 Å². The summed E-state index contributed by atoms with van der Waals surface area (Å²) in [7, 11) is 1.89. The third kappa shape index (κ3) is 3.94. The first kappa shape index (κ1) is 21.1. The molecule has 0 N–H and O–H groups in total. The van der Waals surface area contributed by atoms with E-state index in [0.29, 0.717) is 19.5 Å². The quantitative estimate of drug-likeness (QED) is 0.326. The van der Waals surface area contributed by atoms with E-state index in [1.54, 1.807) is 4.68 Å². The smallest absolute Gasteiger partial charge is 0.161 e. The largest absolute Gasteiger partial charge is 0.294 e. The molecule has 0 unspecified atom stereocenters. The number of hydrogen-bond donors (Lipinski definition) is 0. The number of piperidine rings is 1. The van der Waals surface area contributed by atoms with Crippen LogP contribution in [0, 0.1) is 0 Å². The standard InChI is InChI=1S/C29H27N3O/c1-31-19-17-27(30-31)21-23-22-32(20-18-28(23)33)29(24-11-5-2-6-12-24,25-13-7-3-8-14-25)26-15-9-4-10-16-26/h2-17,19,21H,18,20,22H2,1H3/b23-21-. The summed E-state index contributed by atoms with van der Waals surface area (Å²) in [5, 5.41) is 4.47. The van der Waals surface area contributed by atoms with Crippen LogP contribution in [0.5, 0.6) is 0 Å². The average Bonchev–Trinajstić information content (AvgIpc) is 3.28. The third-order valence-corrected chi connectivity index (χ3v) is 6.43. The van der Waals surface area contributed by atoms with Gasteiger partial charge in [-0.25, -0.2) is 0 Å². The van der Waals surface area contributed by atoms with E-state index in [2.05, 4.69) is 101 Å². The third-order valence-electron chi connectivity index (χ3n) is 6.43. The molecular formula is C29H27N3O. The van der Waals surface area contributed by atoms with Crippen LogP contribution >= 0.6 is 0 Å². The Labute approximate surface area is 194 Å². The van der Waals surface area contributed by atoms with Gasteiger partial charge < -0.3 is 0 Å². The fourth-order valence-corrected chi connectivity index (χ4v) is 4.96. The molecule has 2 heterocycles. The van der Waals surface area contributed by atoms with Crippen LogP contribution in [-0.2, 0) is 17.4 Å². The highest BCUT2D eigenvalue weighted by molar-refractivity contribution is 6.00. The van der Waals surface area contributed by atoms with Crippen molar-refractivity contribution in [3.63, 3.8) is 0 Å². The Kier molecular flexibility index (Phi) is 5.76. The van der Waals surface area contributed by atoms with Crippen molar-refractivity contribution >= 4 is 11.9 Å². The second-order valence-corrected chi connectivity index (χ2v) is 8.49. The summed E-state index contributed by atoms with van der Waals surface area (Å²) in [4.78, 5) is 15.4. The number of benzene rings is 3. The molecule has 33 heavy (non-hydrogen) atoms. The van der Waals surface area contributed by atoms with Crippen molar-refractivity contribution in [2.45, 2.75) is 12.0 Å². The number of nitrogens with zero attached hydrogens (tertiary/aromatic N) is 3. The van der Waals surface area contributed by atoms with Gasteiger partial charge in [0.05, 0.1) is 11.2 Å². The molecule has 0 atom stereocenters. The van der Waals surface area contributed by atoms with Crippen LogP contribution in [0.4, 0.5) is 0 Å². The first-order chi connectivity index (χ1) is 16.2. The minimum atomic E-state index is -0.520. The lowest BCUT2D eigenvalue weighted by Gasteiger charge is -2.47. The molecule has 0 bridgehead atoms. The number of ketones is 1. The second kappa shape index (κ2) is 9.00. The predicted molar refractivity (Wildman–Crippen MR) is 132 cm³/mol. The number of carbonyl (C=O) groups is 1. The summed E-state index contributed by atoms with van der Waals surface area (Å²) in [6.07, 6.45) is 4.33. The second-order valence-electron chi connectivity index (χ2n) is 8.49.